The van der Waals surface area contributed by atoms with Gasteiger partial charge in [-0.2, -0.15) is 0 Å². The lowest BCUT2D eigenvalue weighted by Crippen LogP contribution is -2.31. The van der Waals surface area contributed by atoms with Crippen LogP contribution in [-0.2, 0) is 19.2 Å². The average Bonchev–Trinajstić information content (AvgIpc) is 3.44. The summed E-state index contributed by atoms with van der Waals surface area (Å²) in [5, 5.41) is 16.2. The highest BCUT2D eigenvalue weighted by Crippen LogP contribution is 2.58. The lowest BCUT2D eigenvalue weighted by molar-refractivity contribution is -0.123. The first kappa shape index (κ1) is 24.7. The van der Waals surface area contributed by atoms with E-state index in [1.165, 1.54) is 6.08 Å². The van der Waals surface area contributed by atoms with E-state index in [-0.39, 0.29) is 46.7 Å². The van der Waals surface area contributed by atoms with Crippen LogP contribution in [0, 0.1) is 47.3 Å². The third-order valence-corrected chi connectivity index (χ3v) is 9.32. The molecule has 3 fully saturated rings. The molecule has 2 saturated carbocycles. The Kier molecular flexibility index (Phi) is 6.75. The number of hydrogen-bond acceptors (Lipinski definition) is 5. The Labute approximate surface area is 212 Å². The molecule has 0 aromatic rings. The summed E-state index contributed by atoms with van der Waals surface area (Å²) in [7, 11) is 0. The van der Waals surface area contributed by atoms with E-state index in [1.54, 1.807) is 13.0 Å². The van der Waals surface area contributed by atoms with Crippen molar-refractivity contribution in [2.45, 2.75) is 52.0 Å². The van der Waals surface area contributed by atoms with Crippen LogP contribution in [-0.4, -0.2) is 41.1 Å². The Hall–Kier alpha value is -2.96. The van der Waals surface area contributed by atoms with Crippen LogP contribution in [0.1, 0.15) is 46.0 Å². The minimum Gasteiger partial charge on any atom is -0.507 e. The summed E-state index contributed by atoms with van der Waals surface area (Å²) in [5.41, 5.74) is -0.173. The van der Waals surface area contributed by atoms with Crippen molar-refractivity contribution in [2.24, 2.45) is 47.3 Å². The number of fused-ring (bicyclic) bond motifs is 7. The van der Waals surface area contributed by atoms with Gasteiger partial charge in [-0.05, 0) is 92.6 Å². The van der Waals surface area contributed by atoms with Crippen molar-refractivity contribution >= 4 is 23.4 Å². The predicted molar refractivity (Wildman–Crippen MR) is 134 cm³/mol. The zero-order chi connectivity index (χ0) is 25.6. The molecule has 2 aliphatic heterocycles. The van der Waals surface area contributed by atoms with E-state index < -0.39 is 17.7 Å². The van der Waals surface area contributed by atoms with Gasteiger partial charge in [0.1, 0.15) is 17.1 Å². The highest BCUT2D eigenvalue weighted by molar-refractivity contribution is 6.27. The number of rotatable bonds is 1. The van der Waals surface area contributed by atoms with E-state index in [9.17, 15) is 24.3 Å². The Morgan fingerprint density at radius 3 is 2.53 bits per heavy atom. The number of Topliss-reactive ketones (excluding diaryl/α,β-unsaturated/α-hetero) is 2. The number of hydrogen-bond donors (Lipinski definition) is 3. The Balaban J connectivity index is 1.46. The van der Waals surface area contributed by atoms with Crippen LogP contribution in [0.25, 0.3) is 0 Å². The van der Waals surface area contributed by atoms with Crippen molar-refractivity contribution < 1.29 is 24.3 Å². The second-order valence-corrected chi connectivity index (χ2v) is 11.4. The molecule has 3 aliphatic carbocycles. The van der Waals surface area contributed by atoms with Gasteiger partial charge in [-0.3, -0.25) is 19.2 Å². The number of aliphatic hydroxyl groups is 1. The molecule has 9 atom stereocenters. The van der Waals surface area contributed by atoms with Crippen molar-refractivity contribution in [3.8, 4) is 0 Å². The van der Waals surface area contributed by atoms with E-state index in [2.05, 4.69) is 29.7 Å². The van der Waals surface area contributed by atoms with Gasteiger partial charge < -0.3 is 15.7 Å². The Morgan fingerprint density at radius 2 is 1.75 bits per heavy atom. The molecule has 0 aromatic heterocycles. The normalized spacial score (nSPS) is 44.3. The Morgan fingerprint density at radius 1 is 1.00 bits per heavy atom. The van der Waals surface area contributed by atoms with Crippen molar-refractivity contribution in [3.63, 3.8) is 0 Å². The molecule has 2 amide bonds. The monoisotopic (exact) mass is 492 g/mol. The highest BCUT2D eigenvalue weighted by atomic mass is 16.3. The largest absolute Gasteiger partial charge is 0.507 e. The maximum Gasteiger partial charge on any atom is 0.259 e. The fraction of sp³-hybridized carbons (Fsp3) is 0.586. The van der Waals surface area contributed by atoms with E-state index in [0.29, 0.717) is 43.1 Å². The molecule has 2 heterocycles. The van der Waals surface area contributed by atoms with Gasteiger partial charge in [0.25, 0.3) is 5.91 Å². The number of amides is 2. The van der Waals surface area contributed by atoms with Gasteiger partial charge in [0, 0.05) is 12.5 Å². The van der Waals surface area contributed by atoms with Crippen LogP contribution in [0.3, 0.4) is 0 Å². The van der Waals surface area contributed by atoms with Crippen LogP contribution >= 0.6 is 0 Å². The second kappa shape index (κ2) is 9.83. The molecule has 5 rings (SSSR count). The van der Waals surface area contributed by atoms with Crippen LogP contribution in [0.2, 0.25) is 0 Å². The van der Waals surface area contributed by atoms with Crippen LogP contribution in [0.15, 0.2) is 47.8 Å². The van der Waals surface area contributed by atoms with Gasteiger partial charge >= 0.3 is 0 Å². The number of nitrogens with one attached hydrogen (secondary N) is 2. The minimum atomic E-state index is -0.675. The van der Waals surface area contributed by atoms with Gasteiger partial charge in [-0.15, -0.1) is 0 Å². The van der Waals surface area contributed by atoms with Gasteiger partial charge in [-0.25, -0.2) is 0 Å². The smallest absolute Gasteiger partial charge is 0.259 e. The zero-order valence-corrected chi connectivity index (χ0v) is 21.0. The summed E-state index contributed by atoms with van der Waals surface area (Å²) < 4.78 is 0. The standard InChI is InChI=1S/C29H36N2O5/c1-15-13-21-20(26(15)16(2)32)10-9-19-18-5-3-7-25(34)30-12-4-6-23-28(35)27(29(36)31-23)24(33)11-8-17(18)14-22(19)21/h3,7-11,15,17-23,26,33H,4-6,12-14H2,1-2H3,(H,30,34)(H,31,36)/b7-3-,11-8+,27-24-/t15-,17-,18+,19-,20-,21+,22+,23+,26+/m1/s1. The SMILES string of the molecule is CC(=O)[C@H]1[C@@H]2C=C[C@@H]3[C@H]4C/C=C\C(=O)NCCC[C@@H]5NC(=O)/C(=C(O)/C=C/[C@@H]4C[C@@H]3[C@H]2C[C@H]1C)C5=O. The summed E-state index contributed by atoms with van der Waals surface area (Å²) in [5.74, 6) is 1.15. The summed E-state index contributed by atoms with van der Waals surface area (Å²) in [6.07, 6.45) is 15.2. The van der Waals surface area contributed by atoms with Crippen molar-refractivity contribution in [3.05, 3.63) is 47.8 Å². The molecule has 5 aliphatic rings. The molecular weight excluding hydrogens is 456 g/mol. The summed E-state index contributed by atoms with van der Waals surface area (Å²) in [6.45, 7) is 4.30. The molecule has 192 valence electrons. The van der Waals surface area contributed by atoms with Crippen molar-refractivity contribution in [2.75, 3.05) is 6.54 Å². The molecule has 1 saturated heterocycles. The number of ketones is 2. The van der Waals surface area contributed by atoms with Gasteiger partial charge in [-0.1, -0.05) is 31.2 Å². The molecule has 7 heteroatoms. The first-order valence-corrected chi connectivity index (χ1v) is 13.4. The molecule has 2 bridgehead atoms. The lowest BCUT2D eigenvalue weighted by atomic mass is 9.69. The topological polar surface area (TPSA) is 113 Å². The maximum atomic E-state index is 12.8. The first-order valence-electron chi connectivity index (χ1n) is 13.4. The van der Waals surface area contributed by atoms with E-state index in [0.717, 1.165) is 19.3 Å². The third-order valence-electron chi connectivity index (χ3n) is 9.32. The molecule has 3 N–H and O–H groups in total. The molecule has 0 radical (unpaired) electrons. The van der Waals surface area contributed by atoms with Crippen molar-refractivity contribution in [1.29, 1.82) is 0 Å². The van der Waals surface area contributed by atoms with Crippen LogP contribution < -0.4 is 10.6 Å². The predicted octanol–water partition coefficient (Wildman–Crippen LogP) is 3.19. The van der Waals surface area contributed by atoms with Crippen LogP contribution in [0.4, 0.5) is 0 Å². The minimum absolute atomic E-state index is 0.0759. The van der Waals surface area contributed by atoms with E-state index >= 15 is 0 Å². The highest BCUT2D eigenvalue weighted by Gasteiger charge is 2.53. The van der Waals surface area contributed by atoms with Gasteiger partial charge in [0.15, 0.2) is 5.78 Å². The van der Waals surface area contributed by atoms with Gasteiger partial charge in [0.2, 0.25) is 5.91 Å². The number of carbonyl (C=O) groups is 4. The lowest BCUT2D eigenvalue weighted by Gasteiger charge is -2.35. The summed E-state index contributed by atoms with van der Waals surface area (Å²) in [4.78, 5) is 49.9. The molecule has 0 unspecified atom stereocenters. The zero-order valence-electron chi connectivity index (χ0n) is 21.0. The summed E-state index contributed by atoms with van der Waals surface area (Å²) in [6, 6.07) is -0.675. The van der Waals surface area contributed by atoms with E-state index in [1.807, 2.05) is 12.2 Å². The first-order chi connectivity index (χ1) is 17.3. The molecule has 36 heavy (non-hydrogen) atoms. The second-order valence-electron chi connectivity index (χ2n) is 11.4. The number of allylic oxidation sites excluding steroid dienone is 5. The number of aliphatic hydroxyl groups excluding tert-OH is 1. The van der Waals surface area contributed by atoms with Gasteiger partial charge in [0.05, 0.1) is 6.04 Å². The maximum absolute atomic E-state index is 12.8. The Bertz CT molecular complexity index is 1090. The fourth-order valence-corrected chi connectivity index (χ4v) is 7.81. The van der Waals surface area contributed by atoms with Crippen molar-refractivity contribution in [1.82, 2.24) is 10.6 Å². The third kappa shape index (κ3) is 4.37. The van der Waals surface area contributed by atoms with E-state index in [4.69, 9.17) is 0 Å². The molecular formula is C29H36N2O5. The number of carbonyl (C=O) groups excluding carboxylic acids is 4. The molecule has 0 spiro atoms. The fourth-order valence-electron chi connectivity index (χ4n) is 7.81. The molecule has 0 aromatic carbocycles. The average molecular weight is 493 g/mol. The summed E-state index contributed by atoms with van der Waals surface area (Å²) >= 11 is 0. The molecule has 7 nitrogen and oxygen atoms in total. The van der Waals surface area contributed by atoms with Crippen LogP contribution in [0.5, 0.6) is 0 Å². The quantitative estimate of drug-likeness (QED) is 0.384.